The number of terminal acetylenes is 1. The standard InChI is InChI=1S/C14H15BrO4/c1-4-9-19-13(12(15)14(16)18-3)10-7-5-6-8-11(10)17-2/h1,5-8,12-13H,9H2,2-3H3. The van der Waals surface area contributed by atoms with Crippen molar-refractivity contribution >= 4 is 21.9 Å². The van der Waals surface area contributed by atoms with Crippen LogP contribution >= 0.6 is 15.9 Å². The average Bonchev–Trinajstić information content (AvgIpc) is 2.46. The second kappa shape index (κ2) is 7.82. The molecule has 5 heteroatoms. The van der Waals surface area contributed by atoms with Crippen LogP contribution in [0.3, 0.4) is 0 Å². The number of halogens is 1. The van der Waals surface area contributed by atoms with Crippen molar-refractivity contribution in [2.75, 3.05) is 20.8 Å². The maximum Gasteiger partial charge on any atom is 0.322 e. The molecule has 19 heavy (non-hydrogen) atoms. The lowest BCUT2D eigenvalue weighted by Gasteiger charge is -2.22. The minimum Gasteiger partial charge on any atom is -0.496 e. The molecule has 4 nitrogen and oxygen atoms in total. The minimum atomic E-state index is -0.665. The zero-order valence-electron chi connectivity index (χ0n) is 10.8. The van der Waals surface area contributed by atoms with Gasteiger partial charge in [0.05, 0.1) is 14.2 Å². The van der Waals surface area contributed by atoms with E-state index in [0.717, 1.165) is 5.56 Å². The summed E-state index contributed by atoms with van der Waals surface area (Å²) in [5.74, 6) is 2.57. The number of para-hydroxylation sites is 1. The van der Waals surface area contributed by atoms with Crippen molar-refractivity contribution in [3.8, 4) is 18.1 Å². The molecular formula is C14H15BrO4. The van der Waals surface area contributed by atoms with E-state index in [1.165, 1.54) is 7.11 Å². The van der Waals surface area contributed by atoms with Crippen LogP contribution in [-0.2, 0) is 14.3 Å². The van der Waals surface area contributed by atoms with Crippen LogP contribution in [-0.4, -0.2) is 31.6 Å². The van der Waals surface area contributed by atoms with Gasteiger partial charge in [0.1, 0.15) is 23.3 Å². The first-order valence-corrected chi connectivity index (χ1v) is 6.47. The molecule has 0 aromatic heterocycles. The van der Waals surface area contributed by atoms with Crippen LogP contribution in [0.1, 0.15) is 11.7 Å². The number of hydrogen-bond acceptors (Lipinski definition) is 4. The molecule has 1 aromatic carbocycles. The van der Waals surface area contributed by atoms with E-state index in [9.17, 15) is 4.79 Å². The molecule has 0 amide bonds. The van der Waals surface area contributed by atoms with Crippen LogP contribution in [0.4, 0.5) is 0 Å². The molecule has 2 unspecified atom stereocenters. The molecule has 0 saturated heterocycles. The second-order valence-corrected chi connectivity index (χ2v) is 4.59. The third-order valence-electron chi connectivity index (χ3n) is 2.48. The average molecular weight is 327 g/mol. The molecule has 1 aromatic rings. The highest BCUT2D eigenvalue weighted by atomic mass is 79.9. The smallest absolute Gasteiger partial charge is 0.322 e. The van der Waals surface area contributed by atoms with Crippen molar-refractivity contribution in [1.29, 1.82) is 0 Å². The molecule has 2 atom stereocenters. The SMILES string of the molecule is C#CCOC(c1ccccc1OC)C(Br)C(=O)OC. The Morgan fingerprint density at radius 1 is 1.42 bits per heavy atom. The molecule has 102 valence electrons. The zero-order chi connectivity index (χ0) is 14.3. The van der Waals surface area contributed by atoms with Crippen LogP contribution in [0.5, 0.6) is 5.75 Å². The lowest BCUT2D eigenvalue weighted by atomic mass is 10.1. The number of alkyl halides is 1. The van der Waals surface area contributed by atoms with Gasteiger partial charge >= 0.3 is 5.97 Å². The maximum absolute atomic E-state index is 11.6. The Balaban J connectivity index is 3.09. The molecule has 0 fully saturated rings. The fourth-order valence-corrected chi connectivity index (χ4v) is 2.23. The monoisotopic (exact) mass is 326 g/mol. The van der Waals surface area contributed by atoms with E-state index in [1.807, 2.05) is 18.2 Å². The summed E-state index contributed by atoms with van der Waals surface area (Å²) in [5.41, 5.74) is 0.729. The highest BCUT2D eigenvalue weighted by Gasteiger charge is 2.30. The van der Waals surface area contributed by atoms with Crippen LogP contribution in [0, 0.1) is 12.3 Å². The van der Waals surface area contributed by atoms with E-state index in [0.29, 0.717) is 5.75 Å². The van der Waals surface area contributed by atoms with Crippen LogP contribution in [0.25, 0.3) is 0 Å². The largest absolute Gasteiger partial charge is 0.496 e. The van der Waals surface area contributed by atoms with Crippen LogP contribution in [0.15, 0.2) is 24.3 Å². The molecule has 0 spiro atoms. The Labute approximate surface area is 121 Å². The van der Waals surface area contributed by atoms with Gasteiger partial charge in [-0.05, 0) is 6.07 Å². The summed E-state index contributed by atoms with van der Waals surface area (Å²) in [4.78, 5) is 11.0. The van der Waals surface area contributed by atoms with Crippen molar-refractivity contribution in [1.82, 2.24) is 0 Å². The molecule has 0 radical (unpaired) electrons. The van der Waals surface area contributed by atoms with Gasteiger partial charge < -0.3 is 14.2 Å². The summed E-state index contributed by atoms with van der Waals surface area (Å²) in [6.45, 7) is 0.0851. The van der Waals surface area contributed by atoms with Gasteiger partial charge in [-0.25, -0.2) is 0 Å². The number of hydrogen-bond donors (Lipinski definition) is 0. The highest BCUT2D eigenvalue weighted by Crippen LogP contribution is 2.33. The molecule has 0 heterocycles. The lowest BCUT2D eigenvalue weighted by molar-refractivity contribution is -0.142. The first kappa shape index (κ1) is 15.5. The van der Waals surface area contributed by atoms with Gasteiger partial charge in [0.2, 0.25) is 0 Å². The molecule has 0 N–H and O–H groups in total. The number of esters is 1. The fraction of sp³-hybridized carbons (Fsp3) is 0.357. The van der Waals surface area contributed by atoms with Gasteiger partial charge in [0.15, 0.2) is 0 Å². The topological polar surface area (TPSA) is 44.8 Å². The summed E-state index contributed by atoms with van der Waals surface area (Å²) < 4.78 is 15.5. The first-order valence-electron chi connectivity index (χ1n) is 5.55. The van der Waals surface area contributed by atoms with Gasteiger partial charge in [-0.1, -0.05) is 40.0 Å². The summed E-state index contributed by atoms with van der Waals surface area (Å²) in [6.07, 6.45) is 4.61. The lowest BCUT2D eigenvalue weighted by Crippen LogP contribution is -2.26. The van der Waals surface area contributed by atoms with Crippen molar-refractivity contribution in [2.45, 2.75) is 10.9 Å². The minimum absolute atomic E-state index is 0.0851. The van der Waals surface area contributed by atoms with Gasteiger partial charge in [0.25, 0.3) is 0 Å². The fourth-order valence-electron chi connectivity index (χ4n) is 1.61. The summed E-state index contributed by atoms with van der Waals surface area (Å²) in [6, 6.07) is 7.28. The third kappa shape index (κ3) is 3.98. The number of benzene rings is 1. The van der Waals surface area contributed by atoms with E-state index in [-0.39, 0.29) is 6.61 Å². The van der Waals surface area contributed by atoms with Gasteiger partial charge in [0, 0.05) is 5.56 Å². The predicted molar refractivity (Wildman–Crippen MR) is 75.3 cm³/mol. The summed E-state index contributed by atoms with van der Waals surface area (Å²) in [7, 11) is 2.87. The highest BCUT2D eigenvalue weighted by molar-refractivity contribution is 9.10. The second-order valence-electron chi connectivity index (χ2n) is 3.60. The number of rotatable bonds is 6. The van der Waals surface area contributed by atoms with Gasteiger partial charge in [-0.2, -0.15) is 0 Å². The quantitative estimate of drug-likeness (QED) is 0.457. The predicted octanol–water partition coefficient (Wildman–Crippen LogP) is 2.32. The van der Waals surface area contributed by atoms with E-state index in [1.54, 1.807) is 13.2 Å². The number of methoxy groups -OCH3 is 2. The normalized spacial score (nSPS) is 13.2. The molecule has 0 aliphatic carbocycles. The Bertz CT molecular complexity index is 467. The number of ether oxygens (including phenoxy) is 3. The summed E-state index contributed by atoms with van der Waals surface area (Å²) >= 11 is 3.28. The third-order valence-corrected chi connectivity index (χ3v) is 3.34. The maximum atomic E-state index is 11.6. The first-order chi connectivity index (χ1) is 9.15. The Morgan fingerprint density at radius 2 is 2.11 bits per heavy atom. The van der Waals surface area contributed by atoms with Crippen molar-refractivity contribution in [3.63, 3.8) is 0 Å². The van der Waals surface area contributed by atoms with Crippen LogP contribution in [0.2, 0.25) is 0 Å². The van der Waals surface area contributed by atoms with Gasteiger partial charge in [-0.15, -0.1) is 6.42 Å². The Morgan fingerprint density at radius 3 is 2.68 bits per heavy atom. The van der Waals surface area contributed by atoms with Gasteiger partial charge in [-0.3, -0.25) is 4.79 Å². The molecular weight excluding hydrogens is 312 g/mol. The summed E-state index contributed by atoms with van der Waals surface area (Å²) in [5, 5.41) is 0. The van der Waals surface area contributed by atoms with E-state index in [4.69, 9.17) is 20.6 Å². The Kier molecular flexibility index (Phi) is 6.40. The number of carbonyl (C=O) groups excluding carboxylic acids is 1. The van der Waals surface area contributed by atoms with E-state index < -0.39 is 16.9 Å². The number of carbonyl (C=O) groups is 1. The van der Waals surface area contributed by atoms with Crippen LogP contribution < -0.4 is 4.74 Å². The Hall–Kier alpha value is -1.51. The van der Waals surface area contributed by atoms with Crippen molar-refractivity contribution < 1.29 is 19.0 Å². The van der Waals surface area contributed by atoms with Crippen molar-refractivity contribution in [3.05, 3.63) is 29.8 Å². The van der Waals surface area contributed by atoms with E-state index >= 15 is 0 Å². The van der Waals surface area contributed by atoms with Crippen molar-refractivity contribution in [2.24, 2.45) is 0 Å². The molecule has 1 rings (SSSR count). The molecule has 0 aliphatic heterocycles. The van der Waals surface area contributed by atoms with E-state index in [2.05, 4.69) is 21.9 Å². The zero-order valence-corrected chi connectivity index (χ0v) is 12.3. The molecule has 0 bridgehead atoms. The molecule has 0 aliphatic rings. The molecule has 0 saturated carbocycles.